The first-order valence-electron chi connectivity index (χ1n) is 9.85. The molecule has 0 aromatic carbocycles. The Balaban J connectivity index is 1.66. The first-order chi connectivity index (χ1) is 15.5. The van der Waals surface area contributed by atoms with Crippen LogP contribution in [-0.4, -0.2) is 55.4 Å². The average Bonchev–Trinajstić information content (AvgIpc) is 3.27. The molecule has 0 spiro atoms. The summed E-state index contributed by atoms with van der Waals surface area (Å²) in [6.45, 7) is 4.17. The van der Waals surface area contributed by atoms with Gasteiger partial charge in [-0.25, -0.2) is 9.97 Å². The number of nitrogens with zero attached hydrogens (tertiary/aromatic N) is 5. The molecule has 11 heteroatoms. The van der Waals surface area contributed by atoms with Crippen LogP contribution in [0, 0.1) is 6.92 Å². The fraction of sp³-hybridized carbons (Fsp3) is 0.238. The van der Waals surface area contributed by atoms with Crippen LogP contribution in [0.3, 0.4) is 0 Å². The number of aromatic nitrogens is 6. The number of aromatic amines is 1. The molecule has 0 aliphatic heterocycles. The Morgan fingerprint density at radius 2 is 2.09 bits per heavy atom. The number of pyridine rings is 2. The molecule has 0 saturated heterocycles. The molecule has 0 bridgehead atoms. The second-order valence-corrected chi connectivity index (χ2v) is 7.20. The standard InChI is InChI=1S/C21H20ClN7O3/c1-3-31-11-15(20(30)26-16-7-6-12(2)9-24-16)32-21-13-10-25-29-18(13)27-19(28-21)17-14(22)5-4-8-23-17/h4-10,15H,3,11H2,1-2H3,(H,24,26,30)(H,25,27,28,29)/t15-/m0/s1. The summed E-state index contributed by atoms with van der Waals surface area (Å²) >= 11 is 6.26. The van der Waals surface area contributed by atoms with Crippen LogP contribution in [-0.2, 0) is 9.53 Å². The smallest absolute Gasteiger partial charge is 0.269 e. The van der Waals surface area contributed by atoms with Gasteiger partial charge in [-0.05, 0) is 37.6 Å². The number of halogens is 1. The Kier molecular flexibility index (Phi) is 6.52. The van der Waals surface area contributed by atoms with Gasteiger partial charge >= 0.3 is 0 Å². The van der Waals surface area contributed by atoms with E-state index in [1.54, 1.807) is 30.6 Å². The fourth-order valence-corrected chi connectivity index (χ4v) is 3.03. The van der Waals surface area contributed by atoms with Gasteiger partial charge in [0.05, 0.1) is 17.8 Å². The van der Waals surface area contributed by atoms with Crippen molar-refractivity contribution >= 4 is 34.4 Å². The van der Waals surface area contributed by atoms with Crippen LogP contribution in [0.2, 0.25) is 5.02 Å². The number of carbonyl (C=O) groups is 1. The van der Waals surface area contributed by atoms with Gasteiger partial charge in [-0.3, -0.25) is 14.9 Å². The minimum atomic E-state index is -1.00. The summed E-state index contributed by atoms with van der Waals surface area (Å²) in [5, 5.41) is 10.4. The summed E-state index contributed by atoms with van der Waals surface area (Å²) in [5.41, 5.74) is 1.78. The third kappa shape index (κ3) is 4.82. The van der Waals surface area contributed by atoms with E-state index in [9.17, 15) is 4.79 Å². The highest BCUT2D eigenvalue weighted by molar-refractivity contribution is 6.32. The SMILES string of the molecule is CCOC[C@H](Oc1nc(-c2ncccc2Cl)nc2[nH]ncc12)C(=O)Nc1ccc(C)cn1. The lowest BCUT2D eigenvalue weighted by Gasteiger charge is -2.18. The minimum Gasteiger partial charge on any atom is -0.461 e. The van der Waals surface area contributed by atoms with E-state index in [0.29, 0.717) is 34.2 Å². The van der Waals surface area contributed by atoms with Crippen LogP contribution in [0.4, 0.5) is 5.82 Å². The third-order valence-electron chi connectivity index (χ3n) is 4.43. The van der Waals surface area contributed by atoms with Crippen LogP contribution in [0.15, 0.2) is 42.9 Å². The molecule has 4 rings (SSSR count). The lowest BCUT2D eigenvalue weighted by molar-refractivity contribution is -0.125. The zero-order valence-electron chi connectivity index (χ0n) is 17.4. The largest absolute Gasteiger partial charge is 0.461 e. The molecule has 1 amide bonds. The number of fused-ring (bicyclic) bond motifs is 1. The molecule has 164 valence electrons. The van der Waals surface area contributed by atoms with Gasteiger partial charge in [-0.15, -0.1) is 0 Å². The van der Waals surface area contributed by atoms with Gasteiger partial charge in [0.2, 0.25) is 12.0 Å². The van der Waals surface area contributed by atoms with E-state index in [2.05, 4.69) is 35.5 Å². The molecular formula is C21H20ClN7O3. The van der Waals surface area contributed by atoms with Crippen molar-refractivity contribution in [3.63, 3.8) is 0 Å². The topological polar surface area (TPSA) is 128 Å². The van der Waals surface area contributed by atoms with Crippen LogP contribution in [0.1, 0.15) is 12.5 Å². The number of ether oxygens (including phenoxy) is 2. The maximum absolute atomic E-state index is 12.9. The van der Waals surface area contributed by atoms with Crippen LogP contribution in [0.5, 0.6) is 5.88 Å². The van der Waals surface area contributed by atoms with Gasteiger partial charge in [0.25, 0.3) is 5.91 Å². The molecule has 4 heterocycles. The van der Waals surface area contributed by atoms with E-state index in [1.807, 2.05) is 19.9 Å². The van der Waals surface area contributed by atoms with Crippen molar-refractivity contribution in [3.8, 4) is 17.4 Å². The maximum atomic E-state index is 12.9. The molecule has 0 fully saturated rings. The second-order valence-electron chi connectivity index (χ2n) is 6.79. The molecule has 10 nitrogen and oxygen atoms in total. The van der Waals surface area contributed by atoms with Crippen molar-refractivity contribution in [2.75, 3.05) is 18.5 Å². The van der Waals surface area contributed by atoms with Crippen molar-refractivity contribution in [3.05, 3.63) is 53.4 Å². The van der Waals surface area contributed by atoms with Crippen molar-refractivity contribution in [1.29, 1.82) is 0 Å². The van der Waals surface area contributed by atoms with Gasteiger partial charge < -0.3 is 14.8 Å². The normalized spacial score (nSPS) is 12.0. The summed E-state index contributed by atoms with van der Waals surface area (Å²) < 4.78 is 11.5. The predicted molar refractivity (Wildman–Crippen MR) is 118 cm³/mol. The summed E-state index contributed by atoms with van der Waals surface area (Å²) in [6.07, 6.45) is 3.77. The molecular weight excluding hydrogens is 434 g/mol. The molecule has 0 aliphatic rings. The highest BCUT2D eigenvalue weighted by atomic mass is 35.5. The molecule has 2 N–H and O–H groups in total. The Morgan fingerprint density at radius 3 is 2.84 bits per heavy atom. The fourth-order valence-electron chi connectivity index (χ4n) is 2.83. The zero-order valence-corrected chi connectivity index (χ0v) is 18.1. The highest BCUT2D eigenvalue weighted by Crippen LogP contribution is 2.28. The van der Waals surface area contributed by atoms with Gasteiger partial charge in [-0.1, -0.05) is 17.7 Å². The van der Waals surface area contributed by atoms with E-state index in [0.717, 1.165) is 5.56 Å². The number of hydrogen-bond acceptors (Lipinski definition) is 8. The molecule has 0 radical (unpaired) electrons. The lowest BCUT2D eigenvalue weighted by atomic mass is 10.3. The van der Waals surface area contributed by atoms with Gasteiger partial charge in [-0.2, -0.15) is 10.1 Å². The summed E-state index contributed by atoms with van der Waals surface area (Å²) in [7, 11) is 0. The number of nitrogens with one attached hydrogen (secondary N) is 2. The molecule has 4 aromatic heterocycles. The van der Waals surface area contributed by atoms with Crippen LogP contribution < -0.4 is 10.1 Å². The Hall–Kier alpha value is -3.63. The minimum absolute atomic E-state index is 0.0111. The molecule has 0 saturated carbocycles. The number of amides is 1. The quantitative estimate of drug-likeness (QED) is 0.416. The lowest BCUT2D eigenvalue weighted by Crippen LogP contribution is -2.37. The van der Waals surface area contributed by atoms with Crippen molar-refractivity contribution in [2.24, 2.45) is 0 Å². The van der Waals surface area contributed by atoms with Gasteiger partial charge in [0.1, 0.15) is 16.9 Å². The van der Waals surface area contributed by atoms with E-state index < -0.39 is 12.0 Å². The Labute approximate surface area is 188 Å². The first-order valence-corrected chi connectivity index (χ1v) is 10.2. The van der Waals surface area contributed by atoms with Crippen molar-refractivity contribution < 1.29 is 14.3 Å². The number of H-pyrrole nitrogens is 1. The Bertz CT molecular complexity index is 1230. The number of aryl methyl sites for hydroxylation is 1. The molecule has 4 aromatic rings. The molecule has 1 atom stereocenters. The van der Waals surface area contributed by atoms with E-state index in [4.69, 9.17) is 21.1 Å². The monoisotopic (exact) mass is 453 g/mol. The summed E-state index contributed by atoms with van der Waals surface area (Å²) in [4.78, 5) is 30.3. The van der Waals surface area contributed by atoms with Crippen LogP contribution >= 0.6 is 11.6 Å². The molecule has 32 heavy (non-hydrogen) atoms. The zero-order chi connectivity index (χ0) is 22.5. The Morgan fingerprint density at radius 1 is 1.22 bits per heavy atom. The molecule has 0 aliphatic carbocycles. The van der Waals surface area contributed by atoms with Gasteiger partial charge in [0, 0.05) is 19.0 Å². The molecule has 0 unspecified atom stereocenters. The van der Waals surface area contributed by atoms with Crippen molar-refractivity contribution in [2.45, 2.75) is 20.0 Å². The predicted octanol–water partition coefficient (Wildman–Crippen LogP) is 3.19. The third-order valence-corrected chi connectivity index (χ3v) is 4.73. The van der Waals surface area contributed by atoms with Crippen LogP contribution in [0.25, 0.3) is 22.6 Å². The summed E-state index contributed by atoms with van der Waals surface area (Å²) in [6, 6.07) is 6.96. The van der Waals surface area contributed by atoms with E-state index >= 15 is 0 Å². The van der Waals surface area contributed by atoms with E-state index in [1.165, 1.54) is 6.20 Å². The highest BCUT2D eigenvalue weighted by Gasteiger charge is 2.25. The first kappa shape index (κ1) is 21.6. The maximum Gasteiger partial charge on any atom is 0.269 e. The average molecular weight is 454 g/mol. The number of rotatable bonds is 8. The van der Waals surface area contributed by atoms with E-state index in [-0.39, 0.29) is 18.3 Å². The number of carbonyl (C=O) groups excluding carboxylic acids is 1. The number of hydrogen-bond donors (Lipinski definition) is 2. The van der Waals surface area contributed by atoms with Crippen molar-refractivity contribution in [1.82, 2.24) is 30.1 Å². The summed E-state index contributed by atoms with van der Waals surface area (Å²) in [5.74, 6) is 0.362. The van der Waals surface area contributed by atoms with Gasteiger partial charge in [0.15, 0.2) is 11.5 Å². The second kappa shape index (κ2) is 9.67. The number of anilines is 1.